The lowest BCUT2D eigenvalue weighted by Gasteiger charge is -2.24. The Labute approximate surface area is 84.2 Å². The van der Waals surface area contributed by atoms with Crippen LogP contribution in [0.5, 0.6) is 0 Å². The number of carbonyl (C=O) groups is 2. The van der Waals surface area contributed by atoms with E-state index in [0.29, 0.717) is 19.4 Å². The van der Waals surface area contributed by atoms with Crippen molar-refractivity contribution in [1.29, 1.82) is 0 Å². The molecule has 2 amide bonds. The average molecular weight is 201 g/mol. The molecular formula is C9H19N3O2. The van der Waals surface area contributed by atoms with Gasteiger partial charge in [0.2, 0.25) is 11.8 Å². The van der Waals surface area contributed by atoms with E-state index in [-0.39, 0.29) is 12.3 Å². The fraction of sp³-hybridized carbons (Fsp3) is 0.778. The number of hydrogen-bond acceptors (Lipinski definition) is 3. The molecule has 0 aliphatic rings. The monoisotopic (exact) mass is 201 g/mol. The first-order valence-corrected chi connectivity index (χ1v) is 4.67. The molecule has 0 aromatic carbocycles. The number of nitrogens with one attached hydrogen (secondary N) is 1. The summed E-state index contributed by atoms with van der Waals surface area (Å²) in [5.41, 5.74) is 9.74. The van der Waals surface area contributed by atoms with E-state index in [9.17, 15) is 9.59 Å². The Morgan fingerprint density at radius 1 is 1.36 bits per heavy atom. The lowest BCUT2D eigenvalue weighted by molar-refractivity contribution is -0.124. The third-order valence-electron chi connectivity index (χ3n) is 1.70. The van der Waals surface area contributed by atoms with Gasteiger partial charge in [-0.2, -0.15) is 0 Å². The zero-order valence-electron chi connectivity index (χ0n) is 8.80. The van der Waals surface area contributed by atoms with E-state index in [1.807, 2.05) is 0 Å². The standard InChI is InChI=1S/C9H19N3O2/c1-9(2,6-7(11)13)12-8(14)4-3-5-10/h3-6,10H2,1-2H3,(H2,11,13)(H,12,14). The minimum absolute atomic E-state index is 0.0956. The van der Waals surface area contributed by atoms with Crippen molar-refractivity contribution in [1.82, 2.24) is 5.32 Å². The Balaban J connectivity index is 3.95. The second kappa shape index (κ2) is 5.59. The predicted octanol–water partition coefficient (Wildman–Crippen LogP) is -0.504. The predicted molar refractivity (Wildman–Crippen MR) is 54.3 cm³/mol. The van der Waals surface area contributed by atoms with Gasteiger partial charge in [-0.05, 0) is 26.8 Å². The Hall–Kier alpha value is -1.10. The Bertz CT molecular complexity index is 214. The van der Waals surface area contributed by atoms with Crippen LogP contribution >= 0.6 is 0 Å². The van der Waals surface area contributed by atoms with Crippen LogP contribution in [0.1, 0.15) is 33.1 Å². The van der Waals surface area contributed by atoms with Crippen LogP contribution in [0.15, 0.2) is 0 Å². The van der Waals surface area contributed by atoms with Gasteiger partial charge in [0.1, 0.15) is 0 Å². The molecule has 5 nitrogen and oxygen atoms in total. The van der Waals surface area contributed by atoms with Crippen LogP contribution in [0, 0.1) is 0 Å². The molecule has 0 aromatic rings. The summed E-state index contributed by atoms with van der Waals surface area (Å²) in [4.78, 5) is 21.9. The van der Waals surface area contributed by atoms with Crippen LogP contribution in [0.25, 0.3) is 0 Å². The summed E-state index contributed by atoms with van der Waals surface area (Å²) in [6, 6.07) is 0. The molecule has 0 saturated heterocycles. The summed E-state index contributed by atoms with van der Waals surface area (Å²) in [7, 11) is 0. The van der Waals surface area contributed by atoms with E-state index in [2.05, 4.69) is 5.32 Å². The molecule has 0 rings (SSSR count). The van der Waals surface area contributed by atoms with E-state index in [4.69, 9.17) is 11.5 Å². The van der Waals surface area contributed by atoms with E-state index in [1.165, 1.54) is 0 Å². The van der Waals surface area contributed by atoms with Gasteiger partial charge in [-0.3, -0.25) is 9.59 Å². The zero-order chi connectivity index (χ0) is 11.2. The summed E-state index contributed by atoms with van der Waals surface area (Å²) < 4.78 is 0. The third kappa shape index (κ3) is 6.42. The van der Waals surface area contributed by atoms with Gasteiger partial charge in [0.25, 0.3) is 0 Å². The van der Waals surface area contributed by atoms with Crippen molar-refractivity contribution in [3.8, 4) is 0 Å². The van der Waals surface area contributed by atoms with Gasteiger partial charge in [0.05, 0.1) is 0 Å². The molecule has 14 heavy (non-hydrogen) atoms. The maximum atomic E-state index is 11.3. The summed E-state index contributed by atoms with van der Waals surface area (Å²) in [5.74, 6) is -0.518. The van der Waals surface area contributed by atoms with Gasteiger partial charge >= 0.3 is 0 Å². The molecule has 0 aliphatic heterocycles. The molecule has 0 spiro atoms. The van der Waals surface area contributed by atoms with Crippen molar-refractivity contribution < 1.29 is 9.59 Å². The second-order valence-corrected chi connectivity index (χ2v) is 3.97. The molecule has 0 fully saturated rings. The largest absolute Gasteiger partial charge is 0.370 e. The first-order valence-electron chi connectivity index (χ1n) is 4.67. The fourth-order valence-electron chi connectivity index (χ4n) is 1.18. The van der Waals surface area contributed by atoms with Crippen LogP contribution in [0.4, 0.5) is 0 Å². The van der Waals surface area contributed by atoms with Crippen molar-refractivity contribution in [2.45, 2.75) is 38.6 Å². The Morgan fingerprint density at radius 2 is 1.93 bits per heavy atom. The van der Waals surface area contributed by atoms with Crippen LogP contribution in [-0.4, -0.2) is 23.9 Å². The molecule has 0 atom stereocenters. The average Bonchev–Trinajstić information content (AvgIpc) is 1.96. The maximum Gasteiger partial charge on any atom is 0.220 e. The molecule has 0 bridgehead atoms. The molecular weight excluding hydrogens is 182 g/mol. The van der Waals surface area contributed by atoms with E-state index < -0.39 is 11.4 Å². The van der Waals surface area contributed by atoms with Gasteiger partial charge < -0.3 is 16.8 Å². The Kier molecular flexibility index (Phi) is 5.15. The van der Waals surface area contributed by atoms with E-state index in [1.54, 1.807) is 13.8 Å². The number of carbonyl (C=O) groups excluding carboxylic acids is 2. The zero-order valence-corrected chi connectivity index (χ0v) is 8.80. The molecule has 0 aliphatic carbocycles. The van der Waals surface area contributed by atoms with E-state index >= 15 is 0 Å². The smallest absolute Gasteiger partial charge is 0.220 e. The quantitative estimate of drug-likeness (QED) is 0.540. The van der Waals surface area contributed by atoms with Gasteiger partial charge in [-0.1, -0.05) is 0 Å². The molecule has 0 unspecified atom stereocenters. The number of nitrogens with two attached hydrogens (primary N) is 2. The van der Waals surface area contributed by atoms with Crippen LogP contribution in [-0.2, 0) is 9.59 Å². The molecule has 0 radical (unpaired) electrons. The summed E-state index contributed by atoms with van der Waals surface area (Å²) in [5, 5.41) is 2.73. The van der Waals surface area contributed by atoms with Crippen molar-refractivity contribution in [3.63, 3.8) is 0 Å². The number of primary amides is 1. The van der Waals surface area contributed by atoms with E-state index in [0.717, 1.165) is 0 Å². The van der Waals surface area contributed by atoms with Gasteiger partial charge in [0, 0.05) is 18.4 Å². The first kappa shape index (κ1) is 12.9. The van der Waals surface area contributed by atoms with Crippen molar-refractivity contribution in [2.24, 2.45) is 11.5 Å². The normalized spacial score (nSPS) is 11.1. The maximum absolute atomic E-state index is 11.3. The fourth-order valence-corrected chi connectivity index (χ4v) is 1.18. The summed E-state index contributed by atoms with van der Waals surface area (Å²) >= 11 is 0. The number of amides is 2. The lowest BCUT2D eigenvalue weighted by atomic mass is 10.00. The van der Waals surface area contributed by atoms with Crippen molar-refractivity contribution >= 4 is 11.8 Å². The lowest BCUT2D eigenvalue weighted by Crippen LogP contribution is -2.46. The number of rotatable bonds is 6. The van der Waals surface area contributed by atoms with Crippen LogP contribution in [0.3, 0.4) is 0 Å². The molecule has 0 aromatic heterocycles. The second-order valence-electron chi connectivity index (χ2n) is 3.97. The highest BCUT2D eigenvalue weighted by Crippen LogP contribution is 2.07. The molecule has 5 N–H and O–H groups in total. The minimum atomic E-state index is -0.572. The molecule has 5 heteroatoms. The van der Waals surface area contributed by atoms with Crippen molar-refractivity contribution in [3.05, 3.63) is 0 Å². The van der Waals surface area contributed by atoms with Crippen molar-refractivity contribution in [2.75, 3.05) is 6.54 Å². The minimum Gasteiger partial charge on any atom is -0.370 e. The summed E-state index contributed by atoms with van der Waals surface area (Å²) in [6.45, 7) is 4.01. The number of hydrogen-bond donors (Lipinski definition) is 3. The SMILES string of the molecule is CC(C)(CC(N)=O)NC(=O)CCCN. The third-order valence-corrected chi connectivity index (χ3v) is 1.70. The first-order chi connectivity index (χ1) is 6.37. The van der Waals surface area contributed by atoms with Gasteiger partial charge in [-0.25, -0.2) is 0 Å². The summed E-state index contributed by atoms with van der Waals surface area (Å²) in [6.07, 6.45) is 1.18. The Morgan fingerprint density at radius 3 is 2.36 bits per heavy atom. The topological polar surface area (TPSA) is 98.2 Å². The molecule has 0 saturated carbocycles. The van der Waals surface area contributed by atoms with Gasteiger partial charge in [0.15, 0.2) is 0 Å². The highest BCUT2D eigenvalue weighted by Gasteiger charge is 2.22. The molecule has 82 valence electrons. The molecule has 0 heterocycles. The highest BCUT2D eigenvalue weighted by atomic mass is 16.2. The highest BCUT2D eigenvalue weighted by molar-refractivity contribution is 5.79. The van der Waals surface area contributed by atoms with Crippen LogP contribution in [0.2, 0.25) is 0 Å². The van der Waals surface area contributed by atoms with Gasteiger partial charge in [-0.15, -0.1) is 0 Å². The van der Waals surface area contributed by atoms with Crippen LogP contribution < -0.4 is 16.8 Å².